The standard InChI is InChI=1S/C11H22N2O/c1-4-6-7-9-13(3)11(14)10(12)8-5-2/h4,10H,1,5-9,12H2,2-3H3. The number of hydrogen-bond donors (Lipinski definition) is 1. The number of nitrogens with zero attached hydrogens (tertiary/aromatic N) is 1. The zero-order chi connectivity index (χ0) is 11.0. The maximum absolute atomic E-state index is 11.6. The topological polar surface area (TPSA) is 46.3 Å². The van der Waals surface area contributed by atoms with Crippen molar-refractivity contribution in [1.29, 1.82) is 0 Å². The van der Waals surface area contributed by atoms with Crippen LogP contribution in [0.15, 0.2) is 12.7 Å². The summed E-state index contributed by atoms with van der Waals surface area (Å²) in [5, 5.41) is 0. The predicted octanol–water partition coefficient (Wildman–Crippen LogP) is 1.54. The molecule has 1 amide bonds. The minimum atomic E-state index is -0.325. The Hall–Kier alpha value is -0.830. The highest BCUT2D eigenvalue weighted by Gasteiger charge is 2.15. The molecule has 0 saturated carbocycles. The third kappa shape index (κ3) is 5.02. The summed E-state index contributed by atoms with van der Waals surface area (Å²) in [6.07, 6.45) is 5.49. The predicted molar refractivity (Wildman–Crippen MR) is 60.0 cm³/mol. The van der Waals surface area contributed by atoms with Gasteiger partial charge in [-0.3, -0.25) is 4.79 Å². The van der Waals surface area contributed by atoms with E-state index in [0.29, 0.717) is 0 Å². The Morgan fingerprint density at radius 3 is 2.79 bits per heavy atom. The van der Waals surface area contributed by atoms with Crippen molar-refractivity contribution in [3.63, 3.8) is 0 Å². The molecule has 0 aliphatic heterocycles. The Morgan fingerprint density at radius 2 is 2.29 bits per heavy atom. The lowest BCUT2D eigenvalue weighted by Crippen LogP contribution is -2.41. The van der Waals surface area contributed by atoms with Gasteiger partial charge in [0, 0.05) is 13.6 Å². The number of rotatable bonds is 7. The van der Waals surface area contributed by atoms with Gasteiger partial charge >= 0.3 is 0 Å². The van der Waals surface area contributed by atoms with E-state index in [1.54, 1.807) is 11.9 Å². The quantitative estimate of drug-likeness (QED) is 0.498. The normalized spacial score (nSPS) is 12.2. The second kappa shape index (κ2) is 7.56. The summed E-state index contributed by atoms with van der Waals surface area (Å²) in [7, 11) is 1.81. The van der Waals surface area contributed by atoms with Gasteiger partial charge in [-0.25, -0.2) is 0 Å². The molecule has 0 aromatic heterocycles. The number of hydrogen-bond acceptors (Lipinski definition) is 2. The van der Waals surface area contributed by atoms with Crippen LogP contribution in [0.3, 0.4) is 0 Å². The van der Waals surface area contributed by atoms with Crippen LogP contribution in [0.4, 0.5) is 0 Å². The van der Waals surface area contributed by atoms with Crippen molar-refractivity contribution >= 4 is 5.91 Å². The molecule has 3 nitrogen and oxygen atoms in total. The fourth-order valence-corrected chi connectivity index (χ4v) is 1.30. The number of carbonyl (C=O) groups is 1. The van der Waals surface area contributed by atoms with Gasteiger partial charge in [0.25, 0.3) is 0 Å². The number of carbonyl (C=O) groups excluding carboxylic acids is 1. The van der Waals surface area contributed by atoms with Crippen LogP contribution in [0, 0.1) is 0 Å². The molecule has 0 saturated heterocycles. The van der Waals surface area contributed by atoms with Gasteiger partial charge in [-0.2, -0.15) is 0 Å². The van der Waals surface area contributed by atoms with Crippen LogP contribution in [0.25, 0.3) is 0 Å². The fourth-order valence-electron chi connectivity index (χ4n) is 1.30. The van der Waals surface area contributed by atoms with Crippen molar-refractivity contribution in [3.8, 4) is 0 Å². The van der Waals surface area contributed by atoms with Gasteiger partial charge in [-0.15, -0.1) is 6.58 Å². The van der Waals surface area contributed by atoms with Crippen molar-refractivity contribution in [2.24, 2.45) is 5.73 Å². The summed E-state index contributed by atoms with van der Waals surface area (Å²) in [6, 6.07) is -0.325. The lowest BCUT2D eigenvalue weighted by atomic mass is 10.1. The first-order valence-corrected chi connectivity index (χ1v) is 5.25. The lowest BCUT2D eigenvalue weighted by molar-refractivity contribution is -0.131. The van der Waals surface area contributed by atoms with Crippen LogP contribution in [0.1, 0.15) is 32.6 Å². The highest BCUT2D eigenvalue weighted by atomic mass is 16.2. The first-order valence-electron chi connectivity index (χ1n) is 5.25. The van der Waals surface area contributed by atoms with E-state index in [2.05, 4.69) is 6.58 Å². The van der Waals surface area contributed by atoms with E-state index in [-0.39, 0.29) is 11.9 Å². The van der Waals surface area contributed by atoms with Crippen LogP contribution in [0.5, 0.6) is 0 Å². The van der Waals surface area contributed by atoms with E-state index in [9.17, 15) is 4.79 Å². The van der Waals surface area contributed by atoms with Gasteiger partial charge in [0.1, 0.15) is 0 Å². The summed E-state index contributed by atoms with van der Waals surface area (Å²) >= 11 is 0. The highest BCUT2D eigenvalue weighted by molar-refractivity contribution is 5.81. The van der Waals surface area contributed by atoms with Crippen LogP contribution >= 0.6 is 0 Å². The van der Waals surface area contributed by atoms with Crippen LogP contribution in [0.2, 0.25) is 0 Å². The van der Waals surface area contributed by atoms with Crippen molar-refractivity contribution in [1.82, 2.24) is 4.90 Å². The molecule has 1 atom stereocenters. The van der Waals surface area contributed by atoms with Gasteiger partial charge in [0.05, 0.1) is 6.04 Å². The molecule has 0 spiro atoms. The van der Waals surface area contributed by atoms with E-state index < -0.39 is 0 Å². The van der Waals surface area contributed by atoms with Crippen LogP contribution < -0.4 is 5.73 Å². The molecule has 14 heavy (non-hydrogen) atoms. The van der Waals surface area contributed by atoms with E-state index >= 15 is 0 Å². The average molecular weight is 198 g/mol. The lowest BCUT2D eigenvalue weighted by Gasteiger charge is -2.20. The Balaban J connectivity index is 3.79. The molecule has 0 aromatic carbocycles. The summed E-state index contributed by atoms with van der Waals surface area (Å²) in [4.78, 5) is 13.3. The second-order valence-electron chi connectivity index (χ2n) is 3.59. The summed E-state index contributed by atoms with van der Waals surface area (Å²) in [5.74, 6) is 0.0518. The van der Waals surface area contributed by atoms with E-state index in [1.165, 1.54) is 0 Å². The molecule has 0 rings (SSSR count). The van der Waals surface area contributed by atoms with Gasteiger partial charge < -0.3 is 10.6 Å². The second-order valence-corrected chi connectivity index (χ2v) is 3.59. The molecule has 0 radical (unpaired) electrons. The fraction of sp³-hybridized carbons (Fsp3) is 0.727. The molecule has 0 fully saturated rings. The number of amides is 1. The van der Waals surface area contributed by atoms with E-state index in [0.717, 1.165) is 32.2 Å². The van der Waals surface area contributed by atoms with Crippen LogP contribution in [-0.2, 0) is 4.79 Å². The Bertz CT molecular complexity index is 180. The summed E-state index contributed by atoms with van der Waals surface area (Å²) in [6.45, 7) is 6.44. The zero-order valence-corrected chi connectivity index (χ0v) is 9.33. The maximum Gasteiger partial charge on any atom is 0.239 e. The van der Waals surface area contributed by atoms with Crippen molar-refractivity contribution in [2.45, 2.75) is 38.6 Å². The molecule has 0 aliphatic carbocycles. The molecule has 1 unspecified atom stereocenters. The maximum atomic E-state index is 11.6. The molecular weight excluding hydrogens is 176 g/mol. The van der Waals surface area contributed by atoms with Crippen LogP contribution in [-0.4, -0.2) is 30.4 Å². The Morgan fingerprint density at radius 1 is 1.64 bits per heavy atom. The smallest absolute Gasteiger partial charge is 0.239 e. The molecule has 2 N–H and O–H groups in total. The van der Waals surface area contributed by atoms with Gasteiger partial charge in [0.15, 0.2) is 0 Å². The number of unbranched alkanes of at least 4 members (excludes halogenated alkanes) is 1. The molecule has 3 heteroatoms. The van der Waals surface area contributed by atoms with Gasteiger partial charge in [0.2, 0.25) is 5.91 Å². The van der Waals surface area contributed by atoms with E-state index in [1.807, 2.05) is 13.0 Å². The molecule has 0 aliphatic rings. The highest BCUT2D eigenvalue weighted by Crippen LogP contribution is 2.00. The monoisotopic (exact) mass is 198 g/mol. The summed E-state index contributed by atoms with van der Waals surface area (Å²) < 4.78 is 0. The SMILES string of the molecule is C=CCCCN(C)C(=O)C(N)CCC. The molecule has 0 bridgehead atoms. The van der Waals surface area contributed by atoms with Crippen molar-refractivity contribution in [2.75, 3.05) is 13.6 Å². The number of nitrogens with two attached hydrogens (primary N) is 1. The number of likely N-dealkylation sites (N-methyl/N-ethyl adjacent to an activating group) is 1. The van der Waals surface area contributed by atoms with Gasteiger partial charge in [-0.05, 0) is 19.3 Å². The summed E-state index contributed by atoms with van der Waals surface area (Å²) in [5.41, 5.74) is 5.72. The van der Waals surface area contributed by atoms with Crippen molar-refractivity contribution in [3.05, 3.63) is 12.7 Å². The molecule has 0 aromatic rings. The zero-order valence-electron chi connectivity index (χ0n) is 9.33. The molecular formula is C11H22N2O. The Kier molecular flexibility index (Phi) is 7.11. The molecule has 0 heterocycles. The number of allylic oxidation sites excluding steroid dienone is 1. The van der Waals surface area contributed by atoms with Gasteiger partial charge in [-0.1, -0.05) is 19.4 Å². The van der Waals surface area contributed by atoms with Crippen molar-refractivity contribution < 1.29 is 4.79 Å². The Labute approximate surface area is 87.0 Å². The molecule has 82 valence electrons. The first-order chi connectivity index (χ1) is 6.63. The largest absolute Gasteiger partial charge is 0.344 e. The first kappa shape index (κ1) is 13.2. The van der Waals surface area contributed by atoms with E-state index in [4.69, 9.17) is 5.73 Å². The third-order valence-corrected chi connectivity index (χ3v) is 2.19. The third-order valence-electron chi connectivity index (χ3n) is 2.19. The average Bonchev–Trinajstić information content (AvgIpc) is 2.17. The minimum Gasteiger partial charge on any atom is -0.344 e. The minimum absolute atomic E-state index is 0.0518.